The molecule has 4 heteroatoms. The number of nitrogens with two attached hydrogens (primary N) is 1. The van der Waals surface area contributed by atoms with Gasteiger partial charge in [-0.25, -0.2) is 4.79 Å². The first-order valence-corrected chi connectivity index (χ1v) is 3.35. The van der Waals surface area contributed by atoms with Crippen molar-refractivity contribution in [2.24, 2.45) is 5.73 Å². The normalized spacial score (nSPS) is 9.55. The average Bonchev–Trinajstić information content (AvgIpc) is 2.52. The van der Waals surface area contributed by atoms with Crippen LogP contribution < -0.4 is 5.73 Å². The lowest BCUT2D eigenvalue weighted by atomic mass is 10.7. The number of hydrogen-bond acceptors (Lipinski definition) is 3. The van der Waals surface area contributed by atoms with Gasteiger partial charge < -0.3 is 10.5 Å². The summed E-state index contributed by atoms with van der Waals surface area (Å²) in [5.41, 5.74) is 5.14. The third-order valence-electron chi connectivity index (χ3n) is 1.16. The number of aromatic nitrogens is 1. The molecular formula is C7H10N2O2. The molecule has 2 N–H and O–H groups in total. The van der Waals surface area contributed by atoms with Gasteiger partial charge in [0.15, 0.2) is 0 Å². The Morgan fingerprint density at radius 3 is 2.64 bits per heavy atom. The van der Waals surface area contributed by atoms with Crippen LogP contribution in [-0.2, 0) is 4.74 Å². The molecule has 4 nitrogen and oxygen atoms in total. The highest BCUT2D eigenvalue weighted by Crippen LogP contribution is 1.91. The fourth-order valence-electron chi connectivity index (χ4n) is 0.677. The van der Waals surface area contributed by atoms with E-state index in [0.717, 1.165) is 0 Å². The van der Waals surface area contributed by atoms with Crippen LogP contribution in [0.15, 0.2) is 24.5 Å². The van der Waals surface area contributed by atoms with Crippen molar-refractivity contribution < 1.29 is 9.53 Å². The van der Waals surface area contributed by atoms with Crippen LogP contribution in [0.1, 0.15) is 0 Å². The highest BCUT2D eigenvalue weighted by atomic mass is 16.5. The molecule has 0 aromatic carbocycles. The van der Waals surface area contributed by atoms with Gasteiger partial charge in [0.25, 0.3) is 0 Å². The van der Waals surface area contributed by atoms with Crippen molar-refractivity contribution in [2.45, 2.75) is 0 Å². The lowest BCUT2D eigenvalue weighted by Gasteiger charge is -2.01. The van der Waals surface area contributed by atoms with Crippen LogP contribution in [0.5, 0.6) is 0 Å². The molecule has 0 aliphatic rings. The van der Waals surface area contributed by atoms with Crippen molar-refractivity contribution in [3.8, 4) is 0 Å². The molecule has 0 fully saturated rings. The van der Waals surface area contributed by atoms with Gasteiger partial charge >= 0.3 is 6.09 Å². The van der Waals surface area contributed by atoms with E-state index in [-0.39, 0.29) is 12.7 Å². The highest BCUT2D eigenvalue weighted by Gasteiger charge is 2.01. The van der Waals surface area contributed by atoms with E-state index < -0.39 is 0 Å². The molecule has 0 radical (unpaired) electrons. The van der Waals surface area contributed by atoms with Crippen molar-refractivity contribution in [1.29, 1.82) is 0 Å². The second kappa shape index (κ2) is 3.78. The molecule has 60 valence electrons. The molecule has 0 unspecified atom stereocenters. The number of rotatable bonds is 2. The van der Waals surface area contributed by atoms with E-state index in [0.29, 0.717) is 6.54 Å². The smallest absolute Gasteiger partial charge is 0.417 e. The molecule has 11 heavy (non-hydrogen) atoms. The van der Waals surface area contributed by atoms with Gasteiger partial charge in [0.2, 0.25) is 0 Å². The van der Waals surface area contributed by atoms with Crippen molar-refractivity contribution in [2.75, 3.05) is 13.2 Å². The molecular weight excluding hydrogens is 144 g/mol. The van der Waals surface area contributed by atoms with Crippen LogP contribution in [-0.4, -0.2) is 23.8 Å². The molecule has 1 heterocycles. The summed E-state index contributed by atoms with van der Waals surface area (Å²) >= 11 is 0. The summed E-state index contributed by atoms with van der Waals surface area (Å²) < 4.78 is 6.09. The fourth-order valence-corrected chi connectivity index (χ4v) is 0.677. The molecule has 0 bridgehead atoms. The van der Waals surface area contributed by atoms with Gasteiger partial charge in [-0.15, -0.1) is 0 Å². The summed E-state index contributed by atoms with van der Waals surface area (Å²) in [6.45, 7) is 0.615. The first-order valence-electron chi connectivity index (χ1n) is 3.35. The summed E-state index contributed by atoms with van der Waals surface area (Å²) in [6.07, 6.45) is 2.86. The topological polar surface area (TPSA) is 57.2 Å². The second-order valence-electron chi connectivity index (χ2n) is 1.99. The predicted octanol–water partition coefficient (Wildman–Crippen LogP) is 0.431. The maximum atomic E-state index is 10.9. The number of carbonyl (C=O) groups excluding carboxylic acids is 1. The van der Waals surface area contributed by atoms with E-state index in [1.165, 1.54) is 4.57 Å². The van der Waals surface area contributed by atoms with Crippen molar-refractivity contribution >= 4 is 6.09 Å². The van der Waals surface area contributed by atoms with E-state index in [4.69, 9.17) is 10.5 Å². The van der Waals surface area contributed by atoms with Gasteiger partial charge in [-0.3, -0.25) is 4.57 Å². The molecule has 0 saturated carbocycles. The first-order chi connectivity index (χ1) is 5.34. The summed E-state index contributed by atoms with van der Waals surface area (Å²) in [7, 11) is 0. The standard InChI is InChI=1S/C7H10N2O2/c8-3-6-11-7(10)9-4-1-2-5-9/h1-2,4-5H,3,6,8H2. The number of carbonyl (C=O) groups is 1. The monoisotopic (exact) mass is 154 g/mol. The molecule has 0 atom stereocenters. The second-order valence-corrected chi connectivity index (χ2v) is 1.99. The number of hydrogen-bond donors (Lipinski definition) is 1. The van der Waals surface area contributed by atoms with Crippen LogP contribution in [0.25, 0.3) is 0 Å². The fraction of sp³-hybridized carbons (Fsp3) is 0.286. The molecule has 0 saturated heterocycles. The molecule has 0 aliphatic carbocycles. The van der Waals surface area contributed by atoms with Crippen molar-refractivity contribution in [1.82, 2.24) is 4.57 Å². The Kier molecular flexibility index (Phi) is 2.68. The van der Waals surface area contributed by atoms with Crippen LogP contribution in [0, 0.1) is 0 Å². The lowest BCUT2D eigenvalue weighted by Crippen LogP contribution is -2.17. The van der Waals surface area contributed by atoms with E-state index in [2.05, 4.69) is 0 Å². The largest absolute Gasteiger partial charge is 0.448 e. The molecule has 0 aliphatic heterocycles. The van der Waals surface area contributed by atoms with Crippen LogP contribution in [0.3, 0.4) is 0 Å². The van der Waals surface area contributed by atoms with E-state index >= 15 is 0 Å². The van der Waals surface area contributed by atoms with Gasteiger partial charge in [-0.1, -0.05) is 0 Å². The Morgan fingerprint density at radius 2 is 2.09 bits per heavy atom. The Bertz CT molecular complexity index is 218. The zero-order valence-corrected chi connectivity index (χ0v) is 6.06. The van der Waals surface area contributed by atoms with Crippen LogP contribution in [0.2, 0.25) is 0 Å². The van der Waals surface area contributed by atoms with Crippen LogP contribution in [0.4, 0.5) is 4.79 Å². The van der Waals surface area contributed by atoms with Crippen molar-refractivity contribution in [3.05, 3.63) is 24.5 Å². The predicted molar refractivity (Wildman–Crippen MR) is 40.2 cm³/mol. The quantitative estimate of drug-likeness (QED) is 0.672. The average molecular weight is 154 g/mol. The van der Waals surface area contributed by atoms with Gasteiger partial charge in [0.05, 0.1) is 0 Å². The number of ether oxygens (including phenoxy) is 1. The third-order valence-corrected chi connectivity index (χ3v) is 1.16. The van der Waals surface area contributed by atoms with Gasteiger partial charge in [0, 0.05) is 18.9 Å². The zero-order chi connectivity index (χ0) is 8.10. The summed E-state index contributed by atoms with van der Waals surface area (Å²) in [6, 6.07) is 3.51. The summed E-state index contributed by atoms with van der Waals surface area (Å²) in [4.78, 5) is 10.9. The maximum Gasteiger partial charge on any atom is 0.417 e. The molecule has 1 rings (SSSR count). The first kappa shape index (κ1) is 7.81. The number of nitrogens with zero attached hydrogens (tertiary/aromatic N) is 1. The van der Waals surface area contributed by atoms with E-state index in [1.807, 2.05) is 0 Å². The lowest BCUT2D eigenvalue weighted by molar-refractivity contribution is 0.151. The Labute approximate surface area is 64.6 Å². The maximum absolute atomic E-state index is 10.9. The minimum Gasteiger partial charge on any atom is -0.448 e. The summed E-state index contributed by atoms with van der Waals surface area (Å²) in [5.74, 6) is 0. The Balaban J connectivity index is 2.43. The molecule has 0 amide bonds. The minimum atomic E-state index is -0.388. The van der Waals surface area contributed by atoms with E-state index in [9.17, 15) is 4.79 Å². The van der Waals surface area contributed by atoms with Gasteiger partial charge in [-0.05, 0) is 12.1 Å². The van der Waals surface area contributed by atoms with Crippen LogP contribution >= 0.6 is 0 Å². The third kappa shape index (κ3) is 2.09. The molecule has 1 aromatic heterocycles. The summed E-state index contributed by atoms with van der Waals surface area (Å²) in [5, 5.41) is 0. The van der Waals surface area contributed by atoms with Crippen molar-refractivity contribution in [3.63, 3.8) is 0 Å². The highest BCUT2D eigenvalue weighted by molar-refractivity contribution is 5.70. The van der Waals surface area contributed by atoms with E-state index in [1.54, 1.807) is 24.5 Å². The van der Waals surface area contributed by atoms with Gasteiger partial charge in [-0.2, -0.15) is 0 Å². The Hall–Kier alpha value is -1.29. The molecule has 0 spiro atoms. The minimum absolute atomic E-state index is 0.261. The molecule has 1 aromatic rings. The SMILES string of the molecule is NCCOC(=O)n1cccc1. The Morgan fingerprint density at radius 1 is 1.45 bits per heavy atom. The van der Waals surface area contributed by atoms with Gasteiger partial charge in [0.1, 0.15) is 6.61 Å². The zero-order valence-electron chi connectivity index (χ0n) is 6.06.